The molecule has 14 heteroatoms. The van der Waals surface area contributed by atoms with Crippen LogP contribution in [0.5, 0.6) is 0 Å². The highest BCUT2D eigenvalue weighted by atomic mass is 32.2. The Morgan fingerprint density at radius 1 is 1.11 bits per heavy atom. The van der Waals surface area contributed by atoms with Crippen LogP contribution in [0.2, 0.25) is 0 Å². The molecule has 3 atom stereocenters. The Balaban J connectivity index is 1.49. The number of benzene rings is 1. The van der Waals surface area contributed by atoms with Crippen molar-refractivity contribution in [3.05, 3.63) is 72.2 Å². The fourth-order valence-corrected chi connectivity index (χ4v) is 5.76. The SMILES string of the molecule is C[C@H]1[C@H](F)C[C@@H](C(=O)NCc2ccnc(-c3cnc(C(F)(F)F)nc3)c2)N1S(=O)(=O)c1ccc(F)cc1. The molecule has 2 aromatic heterocycles. The predicted octanol–water partition coefficient (Wildman–Crippen LogP) is 3.50. The van der Waals surface area contributed by atoms with Gasteiger partial charge in [-0.1, -0.05) is 0 Å². The van der Waals surface area contributed by atoms with Crippen LogP contribution < -0.4 is 5.32 Å². The maximum Gasteiger partial charge on any atom is 0.451 e. The van der Waals surface area contributed by atoms with E-state index in [0.717, 1.165) is 41.0 Å². The summed E-state index contributed by atoms with van der Waals surface area (Å²) in [5, 5.41) is 2.57. The first-order chi connectivity index (χ1) is 17.4. The molecule has 0 radical (unpaired) electrons. The fraction of sp³-hybridized carbons (Fsp3) is 0.304. The Morgan fingerprint density at radius 2 is 1.76 bits per heavy atom. The molecule has 0 unspecified atom stereocenters. The van der Waals surface area contributed by atoms with E-state index in [1.54, 1.807) is 0 Å². The maximum absolute atomic E-state index is 14.6. The number of hydrogen-bond acceptors (Lipinski definition) is 6. The number of halogens is 5. The molecule has 1 saturated heterocycles. The summed E-state index contributed by atoms with van der Waals surface area (Å²) >= 11 is 0. The van der Waals surface area contributed by atoms with Crippen LogP contribution in [-0.4, -0.2) is 51.8 Å². The summed E-state index contributed by atoms with van der Waals surface area (Å²) in [5.74, 6) is -2.68. The molecule has 1 aromatic carbocycles. The van der Waals surface area contributed by atoms with Gasteiger partial charge in [0.05, 0.1) is 16.6 Å². The maximum atomic E-state index is 14.6. The van der Waals surface area contributed by atoms with Crippen LogP contribution in [0.4, 0.5) is 22.0 Å². The van der Waals surface area contributed by atoms with Crippen LogP contribution in [0.3, 0.4) is 0 Å². The topological polar surface area (TPSA) is 105 Å². The third-order valence-corrected chi connectivity index (χ3v) is 7.87. The number of carbonyl (C=O) groups excluding carboxylic acids is 1. The van der Waals surface area contributed by atoms with E-state index in [9.17, 15) is 35.2 Å². The lowest BCUT2D eigenvalue weighted by atomic mass is 10.1. The van der Waals surface area contributed by atoms with Crippen LogP contribution in [0.1, 0.15) is 24.7 Å². The molecule has 8 nitrogen and oxygen atoms in total. The first-order valence-electron chi connectivity index (χ1n) is 10.9. The zero-order valence-corrected chi connectivity index (χ0v) is 20.0. The minimum atomic E-state index is -4.69. The molecule has 1 fully saturated rings. The smallest absolute Gasteiger partial charge is 0.351 e. The Hall–Kier alpha value is -3.52. The Kier molecular flexibility index (Phi) is 7.24. The van der Waals surface area contributed by atoms with E-state index in [1.807, 2.05) is 0 Å². The molecule has 1 aliphatic rings. The van der Waals surface area contributed by atoms with Gasteiger partial charge in [0.25, 0.3) is 0 Å². The van der Waals surface area contributed by atoms with Crippen LogP contribution in [-0.2, 0) is 27.5 Å². The van der Waals surface area contributed by atoms with E-state index < -0.39 is 52.0 Å². The Bertz CT molecular complexity index is 1390. The second-order valence-corrected chi connectivity index (χ2v) is 10.2. The molecule has 1 N–H and O–H groups in total. The van der Waals surface area contributed by atoms with Crippen molar-refractivity contribution < 1.29 is 35.2 Å². The normalized spacial score (nSPS) is 20.6. The molecule has 0 saturated carbocycles. The van der Waals surface area contributed by atoms with Crippen LogP contribution in [0.15, 0.2) is 59.9 Å². The first-order valence-corrected chi connectivity index (χ1v) is 12.4. The predicted molar refractivity (Wildman–Crippen MR) is 120 cm³/mol. The van der Waals surface area contributed by atoms with E-state index in [4.69, 9.17) is 0 Å². The standard InChI is InChI=1S/C23H20F5N5O3S/c1-13-18(25)9-20(33(13)37(35,36)17-4-2-16(24)3-5-17)21(34)30-10-14-6-7-29-19(8-14)15-11-31-22(32-12-15)23(26,27)28/h2-8,11-13,18,20H,9-10H2,1H3,(H,30,34)/t13-,18+,20-/m0/s1. The van der Waals surface area contributed by atoms with Crippen molar-refractivity contribution >= 4 is 15.9 Å². The number of nitrogens with one attached hydrogen (secondary N) is 1. The lowest BCUT2D eigenvalue weighted by Crippen LogP contribution is -2.48. The fourth-order valence-electron chi connectivity index (χ4n) is 3.95. The molecular weight excluding hydrogens is 521 g/mol. The van der Waals surface area contributed by atoms with Gasteiger partial charge < -0.3 is 5.32 Å². The first kappa shape index (κ1) is 26.5. The molecule has 3 aromatic rings. The van der Waals surface area contributed by atoms with E-state index in [0.29, 0.717) is 5.56 Å². The monoisotopic (exact) mass is 541 g/mol. The lowest BCUT2D eigenvalue weighted by molar-refractivity contribution is -0.145. The summed E-state index contributed by atoms with van der Waals surface area (Å²) in [7, 11) is -4.31. The molecule has 1 aliphatic heterocycles. The molecule has 0 spiro atoms. The average Bonchev–Trinajstić information content (AvgIpc) is 3.17. The molecule has 1 amide bonds. The summed E-state index contributed by atoms with van der Waals surface area (Å²) in [6, 6.07) is 4.56. The second-order valence-electron chi connectivity index (χ2n) is 8.36. The van der Waals surface area contributed by atoms with Gasteiger partial charge in [-0.15, -0.1) is 0 Å². The number of amides is 1. The van der Waals surface area contributed by atoms with E-state index in [2.05, 4.69) is 20.3 Å². The zero-order valence-electron chi connectivity index (χ0n) is 19.2. The van der Waals surface area contributed by atoms with Crippen molar-refractivity contribution in [1.82, 2.24) is 24.6 Å². The van der Waals surface area contributed by atoms with Crippen molar-refractivity contribution in [3.8, 4) is 11.3 Å². The number of sulfonamides is 1. The summed E-state index contributed by atoms with van der Waals surface area (Å²) in [5.41, 5.74) is 0.955. The largest absolute Gasteiger partial charge is 0.451 e. The van der Waals surface area contributed by atoms with Crippen molar-refractivity contribution in [2.24, 2.45) is 0 Å². The number of carbonyl (C=O) groups is 1. The number of aromatic nitrogens is 3. The van der Waals surface area contributed by atoms with Crippen LogP contribution in [0, 0.1) is 5.82 Å². The van der Waals surface area contributed by atoms with Gasteiger partial charge in [-0.3, -0.25) is 9.78 Å². The number of pyridine rings is 1. The highest BCUT2D eigenvalue weighted by Gasteiger charge is 2.49. The molecule has 196 valence electrons. The molecule has 0 aliphatic carbocycles. The quantitative estimate of drug-likeness (QED) is 0.479. The van der Waals surface area contributed by atoms with Gasteiger partial charge >= 0.3 is 6.18 Å². The molecule has 0 bridgehead atoms. The molecule has 4 rings (SSSR count). The van der Waals surface area contributed by atoms with E-state index >= 15 is 0 Å². The van der Waals surface area contributed by atoms with E-state index in [-0.39, 0.29) is 29.1 Å². The summed E-state index contributed by atoms with van der Waals surface area (Å²) in [6.45, 7) is 1.25. The van der Waals surface area contributed by atoms with Crippen molar-refractivity contribution in [1.29, 1.82) is 0 Å². The third kappa shape index (κ3) is 5.59. The van der Waals surface area contributed by atoms with Gasteiger partial charge in [0.15, 0.2) is 0 Å². The van der Waals surface area contributed by atoms with E-state index in [1.165, 1.54) is 25.3 Å². The van der Waals surface area contributed by atoms with Gasteiger partial charge in [-0.25, -0.2) is 27.2 Å². The Labute approximate surface area is 208 Å². The molecule has 3 heterocycles. The van der Waals surface area contributed by atoms with Crippen molar-refractivity contribution in [2.75, 3.05) is 0 Å². The zero-order chi connectivity index (χ0) is 27.0. The molecule has 37 heavy (non-hydrogen) atoms. The minimum absolute atomic E-state index is 0.0951. The van der Waals surface area contributed by atoms with Gasteiger partial charge in [-0.2, -0.15) is 17.5 Å². The van der Waals surface area contributed by atoms with Gasteiger partial charge in [0.2, 0.25) is 21.8 Å². The third-order valence-electron chi connectivity index (χ3n) is 5.86. The number of nitrogens with zero attached hydrogens (tertiary/aromatic N) is 4. The molecular formula is C23H20F5N5O3S. The van der Waals surface area contributed by atoms with Gasteiger partial charge in [0, 0.05) is 37.1 Å². The second kappa shape index (κ2) is 10.1. The Morgan fingerprint density at radius 3 is 2.38 bits per heavy atom. The van der Waals surface area contributed by atoms with Crippen molar-refractivity contribution in [3.63, 3.8) is 0 Å². The summed E-state index contributed by atoms with van der Waals surface area (Å²) in [4.78, 5) is 23.3. The van der Waals surface area contributed by atoms with Crippen LogP contribution >= 0.6 is 0 Å². The lowest BCUT2D eigenvalue weighted by Gasteiger charge is -2.26. The summed E-state index contributed by atoms with van der Waals surface area (Å²) < 4.78 is 93.0. The summed E-state index contributed by atoms with van der Waals surface area (Å²) in [6.07, 6.45) is -3.34. The highest BCUT2D eigenvalue weighted by molar-refractivity contribution is 7.89. The van der Waals surface area contributed by atoms with Crippen LogP contribution in [0.25, 0.3) is 11.3 Å². The number of rotatable bonds is 6. The van der Waals surface area contributed by atoms with Gasteiger partial charge in [0.1, 0.15) is 18.0 Å². The van der Waals surface area contributed by atoms with Gasteiger partial charge in [-0.05, 0) is 48.9 Å². The van der Waals surface area contributed by atoms with Crippen molar-refractivity contribution in [2.45, 2.75) is 49.2 Å². The minimum Gasteiger partial charge on any atom is -0.351 e. The average molecular weight is 542 g/mol. The number of alkyl halides is 4. The highest BCUT2D eigenvalue weighted by Crippen LogP contribution is 2.33. The number of hydrogen-bond donors (Lipinski definition) is 1.